The molecule has 0 radical (unpaired) electrons. The quantitative estimate of drug-likeness (QED) is 0.394. The number of nitrogens with zero attached hydrogens (tertiary/aromatic N) is 5. The second-order valence-electron chi connectivity index (χ2n) is 9.32. The number of fused-ring (bicyclic) bond motifs is 2. The molecular weight excluding hydrogens is 499 g/mol. The molecule has 1 fully saturated rings. The van der Waals surface area contributed by atoms with Crippen LogP contribution >= 0.6 is 0 Å². The van der Waals surface area contributed by atoms with Gasteiger partial charge in [0.1, 0.15) is 0 Å². The first-order valence-corrected chi connectivity index (χ1v) is 12.2. The van der Waals surface area contributed by atoms with Gasteiger partial charge in [0.05, 0.1) is 18.3 Å². The zero-order chi connectivity index (χ0) is 26.3. The molecule has 4 heterocycles. The predicted molar refractivity (Wildman–Crippen MR) is 132 cm³/mol. The lowest BCUT2D eigenvalue weighted by molar-refractivity contribution is -0.142. The number of ether oxygens (including phenoxy) is 2. The van der Waals surface area contributed by atoms with Crippen LogP contribution in [0.15, 0.2) is 60.8 Å². The molecule has 2 aliphatic heterocycles. The molecule has 11 heteroatoms. The highest BCUT2D eigenvalue weighted by Crippen LogP contribution is 2.37. The first-order valence-electron chi connectivity index (χ1n) is 12.2. The van der Waals surface area contributed by atoms with Gasteiger partial charge in [-0.25, -0.2) is 9.50 Å². The van der Waals surface area contributed by atoms with Gasteiger partial charge in [-0.2, -0.15) is 18.3 Å². The average molecular weight is 524 g/mol. The Morgan fingerprint density at radius 3 is 2.47 bits per heavy atom. The molecule has 8 nitrogen and oxygen atoms in total. The summed E-state index contributed by atoms with van der Waals surface area (Å²) < 4.78 is 53.4. The minimum atomic E-state index is -4.67. The minimum absolute atomic E-state index is 0.00329. The van der Waals surface area contributed by atoms with Gasteiger partial charge in [-0.05, 0) is 29.8 Å². The predicted octanol–water partition coefficient (Wildman–Crippen LogP) is 4.03. The number of piperazine rings is 1. The zero-order valence-electron chi connectivity index (χ0n) is 20.3. The number of hydrogen-bond donors (Lipinski definition) is 0. The molecule has 2 aromatic heterocycles. The van der Waals surface area contributed by atoms with Gasteiger partial charge < -0.3 is 14.4 Å². The summed E-state index contributed by atoms with van der Waals surface area (Å²) in [4.78, 5) is 21.6. The van der Waals surface area contributed by atoms with Gasteiger partial charge in [-0.15, -0.1) is 0 Å². The smallest absolute Gasteiger partial charge is 0.433 e. The maximum absolute atomic E-state index is 14.0. The van der Waals surface area contributed by atoms with Crippen molar-refractivity contribution in [2.75, 3.05) is 33.0 Å². The zero-order valence-corrected chi connectivity index (χ0v) is 20.3. The van der Waals surface area contributed by atoms with E-state index in [0.29, 0.717) is 35.7 Å². The number of hydrogen-bond acceptors (Lipinski definition) is 6. The van der Waals surface area contributed by atoms with E-state index in [4.69, 9.17) is 9.47 Å². The highest BCUT2D eigenvalue weighted by molar-refractivity contribution is 5.81. The van der Waals surface area contributed by atoms with Crippen molar-refractivity contribution in [2.24, 2.45) is 0 Å². The fourth-order valence-electron chi connectivity index (χ4n) is 4.81. The van der Waals surface area contributed by atoms with E-state index in [-0.39, 0.29) is 30.5 Å². The Morgan fingerprint density at radius 2 is 1.71 bits per heavy atom. The fourth-order valence-corrected chi connectivity index (χ4v) is 4.81. The Hall–Kier alpha value is -4.12. The summed E-state index contributed by atoms with van der Waals surface area (Å²) in [5.74, 6) is 0.793. The Bertz CT molecular complexity index is 1480. The third-order valence-corrected chi connectivity index (χ3v) is 6.82. The average Bonchev–Trinajstić information content (AvgIpc) is 3.55. The third kappa shape index (κ3) is 4.76. The lowest BCUT2D eigenvalue weighted by Crippen LogP contribution is -2.48. The fraction of sp³-hybridized carbons (Fsp3) is 0.296. The van der Waals surface area contributed by atoms with E-state index in [2.05, 4.69) is 27.1 Å². The molecule has 0 N–H and O–H groups in total. The Balaban J connectivity index is 1.23. The lowest BCUT2D eigenvalue weighted by atomic mass is 10.1. The summed E-state index contributed by atoms with van der Waals surface area (Å²) in [7, 11) is 0. The molecule has 0 atom stereocenters. The SMILES string of the molecule is O=C(Cc1cnn2c(C(F)(F)F)cc(-c3ccc4c(c3)OCO4)nc12)N1CCN(Cc2ccccc2)CC1. The number of halogens is 3. The molecule has 2 aliphatic rings. The van der Waals surface area contributed by atoms with Gasteiger partial charge in [0.25, 0.3) is 0 Å². The van der Waals surface area contributed by atoms with E-state index in [1.807, 2.05) is 18.2 Å². The molecule has 2 aromatic carbocycles. The van der Waals surface area contributed by atoms with Crippen molar-refractivity contribution in [1.29, 1.82) is 0 Å². The molecule has 38 heavy (non-hydrogen) atoms. The third-order valence-electron chi connectivity index (χ3n) is 6.82. The van der Waals surface area contributed by atoms with Crippen molar-refractivity contribution in [3.63, 3.8) is 0 Å². The van der Waals surface area contributed by atoms with Crippen molar-refractivity contribution < 1.29 is 27.4 Å². The van der Waals surface area contributed by atoms with Crippen LogP contribution in [0.5, 0.6) is 11.5 Å². The van der Waals surface area contributed by atoms with Gasteiger partial charge in [0.15, 0.2) is 22.8 Å². The second kappa shape index (κ2) is 9.64. The molecule has 0 aliphatic carbocycles. The standard InChI is InChI=1S/C27H24F3N5O3/c28-27(29,30)24-14-21(19-6-7-22-23(12-19)38-17-37-22)32-26-20(15-31-35(24)26)13-25(36)34-10-8-33(9-11-34)16-18-4-2-1-3-5-18/h1-7,12,14-15H,8-11,13,16-17H2. The van der Waals surface area contributed by atoms with Crippen LogP contribution < -0.4 is 9.47 Å². The van der Waals surface area contributed by atoms with E-state index in [1.165, 1.54) is 11.8 Å². The van der Waals surface area contributed by atoms with E-state index in [9.17, 15) is 18.0 Å². The molecule has 0 unspecified atom stereocenters. The first kappa shape index (κ1) is 24.2. The van der Waals surface area contributed by atoms with Gasteiger partial charge >= 0.3 is 6.18 Å². The number of carbonyl (C=O) groups excluding carboxylic acids is 1. The van der Waals surface area contributed by atoms with Gasteiger partial charge in [-0.1, -0.05) is 30.3 Å². The molecule has 0 saturated carbocycles. The van der Waals surface area contributed by atoms with Crippen LogP contribution in [0, 0.1) is 0 Å². The minimum Gasteiger partial charge on any atom is -0.454 e. The van der Waals surface area contributed by atoms with Crippen LogP contribution in [0.1, 0.15) is 16.8 Å². The van der Waals surface area contributed by atoms with Crippen LogP contribution in [0.25, 0.3) is 16.9 Å². The van der Waals surface area contributed by atoms with Crippen molar-refractivity contribution in [1.82, 2.24) is 24.4 Å². The number of carbonyl (C=O) groups is 1. The van der Waals surface area contributed by atoms with E-state index >= 15 is 0 Å². The maximum atomic E-state index is 14.0. The van der Waals surface area contributed by atoms with E-state index < -0.39 is 11.9 Å². The Morgan fingerprint density at radius 1 is 0.947 bits per heavy atom. The highest BCUT2D eigenvalue weighted by Gasteiger charge is 2.36. The highest BCUT2D eigenvalue weighted by atomic mass is 19.4. The molecule has 6 rings (SSSR count). The largest absolute Gasteiger partial charge is 0.454 e. The van der Waals surface area contributed by atoms with E-state index in [1.54, 1.807) is 23.1 Å². The molecule has 0 spiro atoms. The summed E-state index contributed by atoms with van der Waals surface area (Å²) in [5, 5.41) is 3.95. The van der Waals surface area contributed by atoms with Crippen molar-refractivity contribution in [3.8, 4) is 22.8 Å². The van der Waals surface area contributed by atoms with Crippen molar-refractivity contribution >= 4 is 11.6 Å². The molecule has 196 valence electrons. The van der Waals surface area contributed by atoms with Gasteiger partial charge in [-0.3, -0.25) is 9.69 Å². The number of amides is 1. The van der Waals surface area contributed by atoms with Crippen molar-refractivity contribution in [3.05, 3.63) is 77.6 Å². The molecule has 4 aromatic rings. The first-order chi connectivity index (χ1) is 18.3. The topological polar surface area (TPSA) is 72.2 Å². The number of rotatable bonds is 5. The normalized spacial score (nSPS) is 15.8. The number of benzene rings is 2. The second-order valence-corrected chi connectivity index (χ2v) is 9.32. The van der Waals surface area contributed by atoms with Crippen LogP contribution in [0.3, 0.4) is 0 Å². The molecule has 1 saturated heterocycles. The maximum Gasteiger partial charge on any atom is 0.433 e. The summed E-state index contributed by atoms with van der Waals surface area (Å²) in [6.07, 6.45) is -3.46. The lowest BCUT2D eigenvalue weighted by Gasteiger charge is -2.34. The number of aromatic nitrogens is 3. The van der Waals surface area contributed by atoms with E-state index in [0.717, 1.165) is 30.2 Å². The Labute approximate surface area is 216 Å². The monoisotopic (exact) mass is 523 g/mol. The number of alkyl halides is 3. The summed E-state index contributed by atoms with van der Waals surface area (Å²) in [6, 6.07) is 15.9. The van der Waals surface area contributed by atoms with Crippen molar-refractivity contribution in [2.45, 2.75) is 19.1 Å². The van der Waals surface area contributed by atoms with Crippen LogP contribution in [-0.4, -0.2) is 63.3 Å². The van der Waals surface area contributed by atoms with Crippen LogP contribution in [0.2, 0.25) is 0 Å². The molecule has 0 bridgehead atoms. The summed E-state index contributed by atoms with van der Waals surface area (Å²) in [5.41, 5.74) is 1.13. The van der Waals surface area contributed by atoms with Gasteiger partial charge in [0.2, 0.25) is 12.7 Å². The Kier molecular flexibility index (Phi) is 6.15. The molecule has 1 amide bonds. The van der Waals surface area contributed by atoms with Crippen LogP contribution in [0.4, 0.5) is 13.2 Å². The summed E-state index contributed by atoms with van der Waals surface area (Å²) in [6.45, 7) is 3.40. The molecular formula is C27H24F3N5O3. The van der Waals surface area contributed by atoms with Crippen LogP contribution in [-0.2, 0) is 23.9 Å². The summed E-state index contributed by atoms with van der Waals surface area (Å²) >= 11 is 0. The van der Waals surface area contributed by atoms with Gasteiger partial charge in [0, 0.05) is 43.9 Å².